The van der Waals surface area contributed by atoms with Gasteiger partial charge in [-0.1, -0.05) is 30.3 Å². The van der Waals surface area contributed by atoms with Crippen molar-refractivity contribution in [1.29, 1.82) is 5.26 Å². The molecule has 5 heteroatoms. The Hall–Kier alpha value is -2.68. The summed E-state index contributed by atoms with van der Waals surface area (Å²) in [5.41, 5.74) is 0.979. The highest BCUT2D eigenvalue weighted by Crippen LogP contribution is 2.35. The average Bonchev–Trinajstić information content (AvgIpc) is 2.68. The quantitative estimate of drug-likeness (QED) is 0.923. The van der Waals surface area contributed by atoms with E-state index in [1.807, 2.05) is 49.3 Å². The number of hydrogen-bond donors (Lipinski definition) is 1. The van der Waals surface area contributed by atoms with Gasteiger partial charge in [0, 0.05) is 18.7 Å². The molecule has 1 heterocycles. The molecular weight excluding hydrogens is 326 g/mol. The molecule has 3 rings (SSSR count). The van der Waals surface area contributed by atoms with Crippen LogP contribution in [0.4, 0.5) is 0 Å². The Morgan fingerprint density at radius 3 is 2.42 bits per heavy atom. The zero-order valence-corrected chi connectivity index (χ0v) is 15.1. The topological polar surface area (TPSA) is 67.6 Å². The molecular formula is C21H23N3O2. The van der Waals surface area contributed by atoms with Crippen molar-refractivity contribution < 1.29 is 9.90 Å². The predicted molar refractivity (Wildman–Crippen MR) is 99.5 cm³/mol. The van der Waals surface area contributed by atoms with Crippen molar-refractivity contribution in [3.63, 3.8) is 0 Å². The van der Waals surface area contributed by atoms with Crippen LogP contribution in [-0.2, 0) is 5.60 Å². The lowest BCUT2D eigenvalue weighted by Gasteiger charge is -2.47. The van der Waals surface area contributed by atoms with Crippen LogP contribution in [0.2, 0.25) is 0 Å². The van der Waals surface area contributed by atoms with Crippen LogP contribution in [0.1, 0.15) is 27.9 Å². The molecule has 0 spiro atoms. The number of piperidine rings is 1. The molecule has 26 heavy (non-hydrogen) atoms. The summed E-state index contributed by atoms with van der Waals surface area (Å²) in [5, 5.41) is 20.3. The normalized spacial score (nSPS) is 22.9. The number of aliphatic hydroxyl groups is 1. The van der Waals surface area contributed by atoms with Gasteiger partial charge < -0.3 is 14.9 Å². The van der Waals surface area contributed by atoms with Crippen molar-refractivity contribution >= 4 is 5.91 Å². The summed E-state index contributed by atoms with van der Waals surface area (Å²) in [4.78, 5) is 16.6. The van der Waals surface area contributed by atoms with Gasteiger partial charge in [-0.05, 0) is 50.3 Å². The highest BCUT2D eigenvalue weighted by molar-refractivity contribution is 5.94. The first-order chi connectivity index (χ1) is 12.5. The molecule has 0 bridgehead atoms. The maximum Gasteiger partial charge on any atom is 0.253 e. The minimum Gasteiger partial charge on any atom is -0.383 e. The maximum absolute atomic E-state index is 12.9. The maximum atomic E-state index is 12.9. The van der Waals surface area contributed by atoms with Gasteiger partial charge in [0.05, 0.1) is 17.7 Å². The fourth-order valence-electron chi connectivity index (χ4n) is 3.63. The van der Waals surface area contributed by atoms with Crippen LogP contribution >= 0.6 is 0 Å². The number of nitriles is 1. The van der Waals surface area contributed by atoms with E-state index in [9.17, 15) is 9.90 Å². The molecule has 1 aliphatic heterocycles. The number of likely N-dealkylation sites (tertiary alicyclic amines) is 1. The fourth-order valence-corrected chi connectivity index (χ4v) is 3.63. The number of hydrogen-bond acceptors (Lipinski definition) is 4. The zero-order valence-electron chi connectivity index (χ0n) is 15.1. The molecule has 0 aliphatic carbocycles. The van der Waals surface area contributed by atoms with E-state index in [0.717, 1.165) is 5.56 Å². The summed E-state index contributed by atoms with van der Waals surface area (Å²) in [6.45, 7) is 0.922. The third kappa shape index (κ3) is 3.34. The number of benzene rings is 2. The van der Waals surface area contributed by atoms with Gasteiger partial charge in [-0.3, -0.25) is 4.79 Å². The summed E-state index contributed by atoms with van der Waals surface area (Å²) in [7, 11) is 3.85. The lowest BCUT2D eigenvalue weighted by molar-refractivity contribution is -0.0810. The first kappa shape index (κ1) is 18.1. The Morgan fingerprint density at radius 2 is 1.85 bits per heavy atom. The third-order valence-electron chi connectivity index (χ3n) is 5.15. The van der Waals surface area contributed by atoms with E-state index < -0.39 is 5.60 Å². The molecule has 0 saturated carbocycles. The predicted octanol–water partition coefficient (Wildman–Crippen LogP) is 2.22. The minimum atomic E-state index is -0.994. The lowest BCUT2D eigenvalue weighted by Crippen LogP contribution is -2.60. The largest absolute Gasteiger partial charge is 0.383 e. The minimum absolute atomic E-state index is 0.0727. The highest BCUT2D eigenvalue weighted by Gasteiger charge is 2.45. The van der Waals surface area contributed by atoms with Gasteiger partial charge in [-0.15, -0.1) is 0 Å². The van der Waals surface area contributed by atoms with Crippen LogP contribution in [0, 0.1) is 11.3 Å². The SMILES string of the molecule is CN(C)[C@@H]1CN(C(=O)c2ccc(C#N)cc2)CC[C@]1(O)c1ccccc1. The third-order valence-corrected chi connectivity index (χ3v) is 5.15. The van der Waals surface area contributed by atoms with E-state index in [1.165, 1.54) is 0 Å². The molecule has 1 N–H and O–H groups in total. The van der Waals surface area contributed by atoms with Crippen LogP contribution in [0.3, 0.4) is 0 Å². The van der Waals surface area contributed by atoms with Crippen molar-refractivity contribution in [1.82, 2.24) is 9.80 Å². The van der Waals surface area contributed by atoms with E-state index in [-0.39, 0.29) is 11.9 Å². The van der Waals surface area contributed by atoms with Gasteiger partial charge in [0.15, 0.2) is 0 Å². The van der Waals surface area contributed by atoms with E-state index in [4.69, 9.17) is 5.26 Å². The molecule has 2 atom stereocenters. The summed E-state index contributed by atoms with van der Waals surface area (Å²) in [6, 6.07) is 18.2. The van der Waals surface area contributed by atoms with Crippen LogP contribution in [0.15, 0.2) is 54.6 Å². The number of carbonyl (C=O) groups excluding carboxylic acids is 1. The molecule has 0 unspecified atom stereocenters. The fraction of sp³-hybridized carbons (Fsp3) is 0.333. The Morgan fingerprint density at radius 1 is 1.19 bits per heavy atom. The number of rotatable bonds is 3. The van der Waals surface area contributed by atoms with Crippen molar-refractivity contribution in [2.75, 3.05) is 27.2 Å². The van der Waals surface area contributed by atoms with Gasteiger partial charge >= 0.3 is 0 Å². The Kier molecular flexibility index (Phi) is 5.08. The monoisotopic (exact) mass is 349 g/mol. The van der Waals surface area contributed by atoms with Gasteiger partial charge in [0.2, 0.25) is 0 Å². The van der Waals surface area contributed by atoms with Crippen LogP contribution < -0.4 is 0 Å². The first-order valence-electron chi connectivity index (χ1n) is 8.69. The van der Waals surface area contributed by atoms with E-state index in [2.05, 4.69) is 6.07 Å². The Balaban J connectivity index is 1.83. The number of carbonyl (C=O) groups is 1. The van der Waals surface area contributed by atoms with Crippen molar-refractivity contribution in [3.05, 3.63) is 71.3 Å². The standard InChI is InChI=1S/C21H23N3O2/c1-23(2)19-15-24(20(25)17-10-8-16(14-22)9-11-17)13-12-21(19,26)18-6-4-3-5-7-18/h3-11,19,26H,12-13,15H2,1-2H3/t19-,21+/m1/s1. The molecule has 134 valence electrons. The van der Waals surface area contributed by atoms with E-state index >= 15 is 0 Å². The molecule has 0 aromatic heterocycles. The summed E-state index contributed by atoms with van der Waals surface area (Å²) in [5.74, 6) is -0.0727. The lowest BCUT2D eigenvalue weighted by atomic mass is 9.79. The number of amides is 1. The van der Waals surface area contributed by atoms with Crippen LogP contribution in [0.25, 0.3) is 0 Å². The summed E-state index contributed by atoms with van der Waals surface area (Å²) in [6.07, 6.45) is 0.474. The van der Waals surface area contributed by atoms with E-state index in [1.54, 1.807) is 29.2 Å². The van der Waals surface area contributed by atoms with Crippen molar-refractivity contribution in [3.8, 4) is 6.07 Å². The van der Waals surface area contributed by atoms with Gasteiger partial charge in [-0.2, -0.15) is 5.26 Å². The molecule has 2 aromatic rings. The van der Waals surface area contributed by atoms with Crippen LogP contribution in [0.5, 0.6) is 0 Å². The molecule has 5 nitrogen and oxygen atoms in total. The number of likely N-dealkylation sites (N-methyl/N-ethyl adjacent to an activating group) is 1. The second kappa shape index (κ2) is 7.28. The van der Waals surface area contributed by atoms with Gasteiger partial charge in [0.25, 0.3) is 5.91 Å². The highest BCUT2D eigenvalue weighted by atomic mass is 16.3. The zero-order chi connectivity index (χ0) is 18.7. The summed E-state index contributed by atoms with van der Waals surface area (Å²) < 4.78 is 0. The second-order valence-corrected chi connectivity index (χ2v) is 6.96. The molecule has 1 aliphatic rings. The van der Waals surface area contributed by atoms with E-state index in [0.29, 0.717) is 30.6 Å². The average molecular weight is 349 g/mol. The van der Waals surface area contributed by atoms with Crippen molar-refractivity contribution in [2.24, 2.45) is 0 Å². The number of nitrogens with zero attached hydrogens (tertiary/aromatic N) is 3. The van der Waals surface area contributed by atoms with Crippen LogP contribution in [-0.4, -0.2) is 54.0 Å². The van der Waals surface area contributed by atoms with Gasteiger partial charge in [0.1, 0.15) is 5.60 Å². The molecule has 1 fully saturated rings. The molecule has 1 amide bonds. The molecule has 2 aromatic carbocycles. The van der Waals surface area contributed by atoms with Crippen molar-refractivity contribution in [2.45, 2.75) is 18.1 Å². The van der Waals surface area contributed by atoms with Gasteiger partial charge in [-0.25, -0.2) is 0 Å². The summed E-state index contributed by atoms with van der Waals surface area (Å²) >= 11 is 0. The molecule has 1 saturated heterocycles. The molecule has 0 radical (unpaired) electrons. The first-order valence-corrected chi connectivity index (χ1v) is 8.69. The Labute approximate surface area is 154 Å². The second-order valence-electron chi connectivity index (χ2n) is 6.96. The Bertz CT molecular complexity index is 811. The smallest absolute Gasteiger partial charge is 0.253 e.